The molecule has 0 aliphatic heterocycles. The summed E-state index contributed by atoms with van der Waals surface area (Å²) in [6.07, 6.45) is 0. The second-order valence-electron chi connectivity index (χ2n) is 4.04. The summed E-state index contributed by atoms with van der Waals surface area (Å²) in [6, 6.07) is 3.97. The summed E-state index contributed by atoms with van der Waals surface area (Å²) in [7, 11) is -2.59. The summed E-state index contributed by atoms with van der Waals surface area (Å²) in [5, 5.41) is 16.1. The highest BCUT2D eigenvalue weighted by atomic mass is 32.2. The van der Waals surface area contributed by atoms with Crippen molar-refractivity contribution in [3.63, 3.8) is 0 Å². The van der Waals surface area contributed by atoms with Crippen molar-refractivity contribution in [2.24, 2.45) is 0 Å². The molecule has 0 bridgehead atoms. The predicted octanol–water partition coefficient (Wildman–Crippen LogP) is 0.0509. The van der Waals surface area contributed by atoms with Crippen molar-refractivity contribution in [1.29, 1.82) is 0 Å². The lowest BCUT2D eigenvalue weighted by Crippen LogP contribution is -2.34. The first-order chi connectivity index (χ1) is 9.79. The van der Waals surface area contributed by atoms with Crippen LogP contribution in [0.4, 0.5) is 11.4 Å². The molecule has 0 spiro atoms. The van der Waals surface area contributed by atoms with Gasteiger partial charge < -0.3 is 10.6 Å². The average Bonchev–Trinajstić information content (AvgIpc) is 2.42. The van der Waals surface area contributed by atoms with Gasteiger partial charge in [0.1, 0.15) is 5.69 Å². The van der Waals surface area contributed by atoms with Crippen LogP contribution in [0.25, 0.3) is 0 Å². The Morgan fingerprint density at radius 2 is 2.00 bits per heavy atom. The highest BCUT2D eigenvalue weighted by Gasteiger charge is 2.28. The number of carbonyl (C=O) groups excluding carboxylic acids is 1. The van der Waals surface area contributed by atoms with E-state index in [1.807, 2.05) is 0 Å². The van der Waals surface area contributed by atoms with Crippen LogP contribution in [-0.2, 0) is 14.8 Å². The van der Waals surface area contributed by atoms with Crippen molar-refractivity contribution in [3.05, 3.63) is 28.3 Å². The van der Waals surface area contributed by atoms with Gasteiger partial charge in [0.25, 0.3) is 0 Å². The number of hydrogen-bond donors (Lipinski definition) is 3. The summed E-state index contributed by atoms with van der Waals surface area (Å²) >= 11 is 0. The third-order valence-corrected chi connectivity index (χ3v) is 4.02. The summed E-state index contributed by atoms with van der Waals surface area (Å²) in [4.78, 5) is 20.6. The second kappa shape index (κ2) is 6.99. The highest BCUT2D eigenvalue weighted by molar-refractivity contribution is 7.89. The van der Waals surface area contributed by atoms with E-state index in [0.717, 1.165) is 6.07 Å². The molecule has 116 valence electrons. The molecule has 1 aromatic carbocycles. The molecular weight excluding hydrogens is 300 g/mol. The Kier molecular flexibility index (Phi) is 5.61. The van der Waals surface area contributed by atoms with E-state index in [2.05, 4.69) is 15.4 Å². The van der Waals surface area contributed by atoms with Crippen molar-refractivity contribution in [2.45, 2.75) is 11.8 Å². The predicted molar refractivity (Wildman–Crippen MR) is 76.5 cm³/mol. The van der Waals surface area contributed by atoms with Crippen molar-refractivity contribution in [2.75, 3.05) is 25.5 Å². The van der Waals surface area contributed by atoms with Gasteiger partial charge in [-0.1, -0.05) is 6.07 Å². The van der Waals surface area contributed by atoms with Crippen LogP contribution in [0.15, 0.2) is 23.1 Å². The molecule has 10 heteroatoms. The Labute approximate surface area is 121 Å². The van der Waals surface area contributed by atoms with Crippen LogP contribution in [-0.4, -0.2) is 39.4 Å². The smallest absolute Gasteiger partial charge is 0.312 e. The van der Waals surface area contributed by atoms with Crippen LogP contribution in [0.5, 0.6) is 0 Å². The van der Waals surface area contributed by atoms with Gasteiger partial charge in [-0.15, -0.1) is 0 Å². The molecule has 9 nitrogen and oxygen atoms in total. The van der Waals surface area contributed by atoms with E-state index in [9.17, 15) is 23.3 Å². The molecule has 0 saturated heterocycles. The quantitative estimate of drug-likeness (QED) is 0.370. The summed E-state index contributed by atoms with van der Waals surface area (Å²) < 4.78 is 26.4. The van der Waals surface area contributed by atoms with Crippen LogP contribution < -0.4 is 15.4 Å². The van der Waals surface area contributed by atoms with E-state index in [4.69, 9.17) is 0 Å². The molecule has 1 aromatic rings. The second-order valence-corrected chi connectivity index (χ2v) is 5.78. The van der Waals surface area contributed by atoms with Gasteiger partial charge >= 0.3 is 5.69 Å². The number of hydrogen-bond acceptors (Lipinski definition) is 6. The van der Waals surface area contributed by atoms with Crippen LogP contribution in [0.1, 0.15) is 6.92 Å². The van der Waals surface area contributed by atoms with Gasteiger partial charge in [0.2, 0.25) is 15.9 Å². The number of carbonyl (C=O) groups is 1. The van der Waals surface area contributed by atoms with Gasteiger partial charge in [-0.25, -0.2) is 13.1 Å². The lowest BCUT2D eigenvalue weighted by Gasteiger charge is -2.09. The van der Waals surface area contributed by atoms with Gasteiger partial charge in [0, 0.05) is 27.1 Å². The minimum atomic E-state index is -4.05. The van der Waals surface area contributed by atoms with Crippen molar-refractivity contribution in [1.82, 2.24) is 10.0 Å². The number of amides is 1. The number of nitrogens with one attached hydrogen (secondary N) is 3. The molecule has 0 aromatic heterocycles. The highest BCUT2D eigenvalue weighted by Crippen LogP contribution is 2.31. The number of nitrogens with zero attached hydrogens (tertiary/aromatic N) is 1. The first-order valence-corrected chi connectivity index (χ1v) is 7.47. The number of benzene rings is 1. The topological polar surface area (TPSA) is 130 Å². The van der Waals surface area contributed by atoms with E-state index in [0.29, 0.717) is 0 Å². The SMILES string of the molecule is CNc1cccc(S(=O)(=O)NCCNC(C)=O)c1[N+](=O)[O-]. The van der Waals surface area contributed by atoms with Gasteiger partial charge in [-0.3, -0.25) is 14.9 Å². The number of para-hydroxylation sites is 1. The minimum absolute atomic E-state index is 0.0666. The average molecular weight is 316 g/mol. The molecule has 0 radical (unpaired) electrons. The van der Waals surface area contributed by atoms with E-state index >= 15 is 0 Å². The van der Waals surface area contributed by atoms with Crippen LogP contribution in [0.2, 0.25) is 0 Å². The molecule has 0 unspecified atom stereocenters. The fourth-order valence-corrected chi connectivity index (χ4v) is 2.85. The van der Waals surface area contributed by atoms with Crippen molar-refractivity contribution < 1.29 is 18.1 Å². The molecule has 0 aliphatic carbocycles. The normalized spacial score (nSPS) is 11.0. The number of nitro benzene ring substituents is 1. The number of rotatable bonds is 7. The Morgan fingerprint density at radius 3 is 2.52 bits per heavy atom. The zero-order valence-corrected chi connectivity index (χ0v) is 12.4. The third-order valence-electron chi connectivity index (χ3n) is 2.53. The fraction of sp³-hybridized carbons (Fsp3) is 0.364. The van der Waals surface area contributed by atoms with Gasteiger partial charge in [0.15, 0.2) is 4.90 Å². The van der Waals surface area contributed by atoms with E-state index in [-0.39, 0.29) is 24.7 Å². The van der Waals surface area contributed by atoms with Crippen molar-refractivity contribution in [3.8, 4) is 0 Å². The molecule has 21 heavy (non-hydrogen) atoms. The zero-order chi connectivity index (χ0) is 16.0. The fourth-order valence-electron chi connectivity index (χ4n) is 1.63. The Hall–Kier alpha value is -2.20. The number of anilines is 1. The minimum Gasteiger partial charge on any atom is -0.383 e. The third kappa shape index (κ3) is 4.39. The molecular formula is C11H16N4O5S. The Balaban J connectivity index is 3.03. The van der Waals surface area contributed by atoms with Crippen LogP contribution in [0, 0.1) is 10.1 Å². The maximum absolute atomic E-state index is 12.1. The largest absolute Gasteiger partial charge is 0.383 e. The Morgan fingerprint density at radius 1 is 1.33 bits per heavy atom. The molecule has 0 heterocycles. The molecule has 0 fully saturated rings. The summed E-state index contributed by atoms with van der Waals surface area (Å²) in [5.41, 5.74) is -0.420. The lowest BCUT2D eigenvalue weighted by atomic mass is 10.3. The molecule has 0 saturated carbocycles. The summed E-state index contributed by atoms with van der Waals surface area (Å²) in [6.45, 7) is 1.33. The first-order valence-electron chi connectivity index (χ1n) is 5.99. The summed E-state index contributed by atoms with van der Waals surface area (Å²) in [5.74, 6) is -0.294. The van der Waals surface area contributed by atoms with Crippen LogP contribution >= 0.6 is 0 Å². The first kappa shape index (κ1) is 16.9. The number of nitro groups is 1. The van der Waals surface area contributed by atoms with Gasteiger partial charge in [-0.2, -0.15) is 0 Å². The molecule has 0 atom stereocenters. The number of sulfonamides is 1. The van der Waals surface area contributed by atoms with E-state index in [1.54, 1.807) is 0 Å². The van der Waals surface area contributed by atoms with Crippen LogP contribution in [0.3, 0.4) is 0 Å². The monoisotopic (exact) mass is 316 g/mol. The van der Waals surface area contributed by atoms with Gasteiger partial charge in [0.05, 0.1) is 4.92 Å². The lowest BCUT2D eigenvalue weighted by molar-refractivity contribution is -0.386. The maximum Gasteiger partial charge on any atom is 0.312 e. The molecule has 0 aliphatic rings. The van der Waals surface area contributed by atoms with E-state index in [1.165, 1.54) is 26.1 Å². The molecule has 3 N–H and O–H groups in total. The zero-order valence-electron chi connectivity index (χ0n) is 11.5. The standard InChI is InChI=1S/C11H16N4O5S/c1-8(16)13-6-7-14-21(19,20)10-5-3-4-9(12-2)11(10)15(17)18/h3-5,12,14H,6-7H2,1-2H3,(H,13,16). The van der Waals surface area contributed by atoms with E-state index < -0.39 is 25.5 Å². The Bertz CT molecular complexity index is 644. The maximum atomic E-state index is 12.1. The molecule has 1 amide bonds. The van der Waals surface area contributed by atoms with Gasteiger partial charge in [-0.05, 0) is 12.1 Å². The van der Waals surface area contributed by atoms with Crippen molar-refractivity contribution >= 4 is 27.3 Å². The molecule has 1 rings (SSSR count).